The zero-order valence-electron chi connectivity index (χ0n) is 18.7. The van der Waals surface area contributed by atoms with E-state index in [9.17, 15) is 24.6 Å². The molecule has 176 valence electrons. The Morgan fingerprint density at radius 3 is 2.76 bits per heavy atom. The molecular weight excluding hydrogens is 444 g/mol. The van der Waals surface area contributed by atoms with Gasteiger partial charge in [0.05, 0.1) is 12.0 Å². The summed E-state index contributed by atoms with van der Waals surface area (Å²) in [6, 6.07) is 3.37. The maximum Gasteiger partial charge on any atom is 0.348 e. The van der Waals surface area contributed by atoms with Crippen LogP contribution in [0.3, 0.4) is 0 Å². The van der Waals surface area contributed by atoms with Crippen molar-refractivity contribution in [3.63, 3.8) is 0 Å². The molecule has 6 aliphatic rings. The molecule has 8 atom stereocenters. The van der Waals surface area contributed by atoms with E-state index >= 15 is 0 Å². The fourth-order valence-corrected chi connectivity index (χ4v) is 8.94. The Morgan fingerprint density at radius 1 is 1.30 bits per heavy atom. The van der Waals surface area contributed by atoms with Gasteiger partial charge in [-0.1, -0.05) is 26.5 Å². The average molecular weight is 473 g/mol. The van der Waals surface area contributed by atoms with Gasteiger partial charge in [-0.2, -0.15) is 0 Å². The van der Waals surface area contributed by atoms with E-state index in [2.05, 4.69) is 6.58 Å². The van der Waals surface area contributed by atoms with E-state index in [-0.39, 0.29) is 18.0 Å². The molecule has 6 fully saturated rings. The molecule has 7 nitrogen and oxygen atoms in total. The molecule has 0 amide bonds. The zero-order chi connectivity index (χ0) is 23.6. The molecule has 1 aromatic heterocycles. The third-order valence-electron chi connectivity index (χ3n) is 9.58. The summed E-state index contributed by atoms with van der Waals surface area (Å²) in [6.07, 6.45) is -0.597. The van der Waals surface area contributed by atoms with Crippen molar-refractivity contribution in [1.29, 1.82) is 0 Å². The summed E-state index contributed by atoms with van der Waals surface area (Å²) in [5.41, 5.74) is -3.04. The van der Waals surface area contributed by atoms with Gasteiger partial charge in [0.1, 0.15) is 28.3 Å². The number of Topliss-reactive ketones (excluding diaryl/α,β-unsaturated/α-hetero) is 2. The number of hydrogen-bond donors (Lipinski definition) is 2. The third-order valence-corrected chi connectivity index (χ3v) is 10.4. The van der Waals surface area contributed by atoms with Crippen LogP contribution in [0.15, 0.2) is 29.7 Å². The molecular formula is C25H28O7S. The molecule has 2 saturated heterocycles. The lowest BCUT2D eigenvalue weighted by atomic mass is 9.36. The normalized spacial score (nSPS) is 47.3. The topological polar surface area (TPSA) is 110 Å². The van der Waals surface area contributed by atoms with Crippen LogP contribution in [0.4, 0.5) is 0 Å². The smallest absolute Gasteiger partial charge is 0.348 e. The van der Waals surface area contributed by atoms with Gasteiger partial charge in [-0.05, 0) is 47.6 Å². The SMILES string of the molecule is C=C1C(=O)C23[C@H](OC(=O)c4cccs4)[C@H]1CC[C@H]2C12CO[C@@]3(O)[C@@H](O)[C@@H]1C(C)(C)CCC2=O. The van der Waals surface area contributed by atoms with Gasteiger partial charge in [0, 0.05) is 18.3 Å². The Morgan fingerprint density at radius 2 is 2.06 bits per heavy atom. The molecule has 2 N–H and O–H groups in total. The molecule has 4 bridgehead atoms. The molecule has 33 heavy (non-hydrogen) atoms. The van der Waals surface area contributed by atoms with Crippen LogP contribution in [0.1, 0.15) is 49.2 Å². The second-order valence-corrected chi connectivity index (χ2v) is 12.1. The van der Waals surface area contributed by atoms with Gasteiger partial charge in [0.2, 0.25) is 5.79 Å². The van der Waals surface area contributed by atoms with Gasteiger partial charge in [0.15, 0.2) is 5.78 Å². The summed E-state index contributed by atoms with van der Waals surface area (Å²) in [6.45, 7) is 7.96. The molecule has 2 aliphatic heterocycles. The summed E-state index contributed by atoms with van der Waals surface area (Å²) >= 11 is 1.22. The Kier molecular flexibility index (Phi) is 4.21. The van der Waals surface area contributed by atoms with Crippen LogP contribution < -0.4 is 0 Å². The monoisotopic (exact) mass is 472 g/mol. The molecule has 0 aromatic carbocycles. The van der Waals surface area contributed by atoms with E-state index in [0.717, 1.165) is 0 Å². The lowest BCUT2D eigenvalue weighted by molar-refractivity contribution is -0.436. The quantitative estimate of drug-likeness (QED) is 0.503. The van der Waals surface area contributed by atoms with E-state index in [1.165, 1.54) is 11.3 Å². The standard InChI is InChI=1S/C25H28O7S/c1-12-13-6-7-15-23-11-31-25(30,19(28)17(23)22(2,3)9-8-16(23)26)24(15,18(12)27)20(13)32-21(29)14-5-4-10-33-14/h4-5,10,13,15,17,19-20,28,30H,1,6-9,11H2,2-3H3/t13-,15-,17+,19-,20+,23?,24?,25-/m0/s1. The van der Waals surface area contributed by atoms with E-state index in [1.807, 2.05) is 13.8 Å². The van der Waals surface area contributed by atoms with Crippen LogP contribution in [0.25, 0.3) is 0 Å². The molecule has 8 heteroatoms. The summed E-state index contributed by atoms with van der Waals surface area (Å²) in [5.74, 6) is -5.00. The van der Waals surface area contributed by atoms with Crippen LogP contribution >= 0.6 is 11.3 Å². The highest BCUT2D eigenvalue weighted by atomic mass is 32.1. The van der Waals surface area contributed by atoms with Crippen molar-refractivity contribution in [3.8, 4) is 0 Å². The lowest BCUT2D eigenvalue weighted by Crippen LogP contribution is -2.85. The van der Waals surface area contributed by atoms with Gasteiger partial charge in [-0.3, -0.25) is 9.59 Å². The first kappa shape index (κ1) is 21.6. The first-order valence-electron chi connectivity index (χ1n) is 11.6. The molecule has 1 aromatic rings. The maximum absolute atomic E-state index is 14.0. The highest BCUT2D eigenvalue weighted by Crippen LogP contribution is 2.76. The Balaban J connectivity index is 1.57. The number of aliphatic hydroxyl groups excluding tert-OH is 1. The van der Waals surface area contributed by atoms with Crippen molar-refractivity contribution in [1.82, 2.24) is 0 Å². The highest BCUT2D eigenvalue weighted by Gasteiger charge is 2.88. The van der Waals surface area contributed by atoms with Gasteiger partial charge in [0.25, 0.3) is 0 Å². The lowest BCUT2D eigenvalue weighted by Gasteiger charge is -2.72. The van der Waals surface area contributed by atoms with Crippen LogP contribution in [-0.4, -0.2) is 52.4 Å². The number of hydrogen-bond acceptors (Lipinski definition) is 8. The minimum atomic E-state index is -2.27. The minimum absolute atomic E-state index is 0.0379. The van der Waals surface area contributed by atoms with Gasteiger partial charge >= 0.3 is 5.97 Å². The van der Waals surface area contributed by atoms with Crippen molar-refractivity contribution in [3.05, 3.63) is 34.5 Å². The maximum atomic E-state index is 14.0. The highest BCUT2D eigenvalue weighted by molar-refractivity contribution is 7.11. The summed E-state index contributed by atoms with van der Waals surface area (Å²) in [7, 11) is 0. The van der Waals surface area contributed by atoms with Gasteiger partial charge < -0.3 is 19.7 Å². The molecule has 4 saturated carbocycles. The molecule has 0 radical (unpaired) electrons. The second-order valence-electron chi connectivity index (χ2n) is 11.1. The Bertz CT molecular complexity index is 1090. The van der Waals surface area contributed by atoms with Crippen molar-refractivity contribution in [2.45, 2.75) is 57.5 Å². The van der Waals surface area contributed by atoms with Crippen LogP contribution in [0.2, 0.25) is 0 Å². The number of carbonyl (C=O) groups excluding carboxylic acids is 3. The van der Waals surface area contributed by atoms with E-state index in [4.69, 9.17) is 9.47 Å². The van der Waals surface area contributed by atoms with Crippen LogP contribution in [0.5, 0.6) is 0 Å². The predicted molar refractivity (Wildman–Crippen MR) is 117 cm³/mol. The molecule has 2 spiro atoms. The number of fused-ring (bicyclic) bond motifs is 2. The summed E-state index contributed by atoms with van der Waals surface area (Å²) in [4.78, 5) is 41.0. The summed E-state index contributed by atoms with van der Waals surface area (Å²) in [5, 5.41) is 25.5. The second kappa shape index (κ2) is 6.42. The number of ketones is 2. The number of carbonyl (C=O) groups is 3. The Hall–Kier alpha value is -1.87. The van der Waals surface area contributed by atoms with Crippen LogP contribution in [-0.2, 0) is 19.1 Å². The van der Waals surface area contributed by atoms with Crippen molar-refractivity contribution in [2.75, 3.05) is 6.61 Å². The van der Waals surface area contributed by atoms with Crippen molar-refractivity contribution in [2.24, 2.45) is 34.0 Å². The minimum Gasteiger partial charge on any atom is -0.456 e. The fraction of sp³-hybridized carbons (Fsp3) is 0.640. The van der Waals surface area contributed by atoms with Crippen LogP contribution in [0, 0.1) is 34.0 Å². The van der Waals surface area contributed by atoms with E-state index in [0.29, 0.717) is 30.6 Å². The molecule has 7 rings (SSSR count). The summed E-state index contributed by atoms with van der Waals surface area (Å²) < 4.78 is 11.9. The number of rotatable bonds is 2. The molecule has 4 aliphatic carbocycles. The molecule has 2 unspecified atom stereocenters. The first-order chi connectivity index (χ1) is 15.5. The number of ether oxygens (including phenoxy) is 2. The van der Waals surface area contributed by atoms with E-state index in [1.54, 1.807) is 17.5 Å². The molecule has 3 heterocycles. The first-order valence-corrected chi connectivity index (χ1v) is 12.5. The fourth-order valence-electron chi connectivity index (χ4n) is 8.33. The van der Waals surface area contributed by atoms with Crippen molar-refractivity contribution >= 4 is 28.9 Å². The largest absolute Gasteiger partial charge is 0.456 e. The van der Waals surface area contributed by atoms with E-state index < -0.39 is 63.7 Å². The number of aliphatic hydroxyl groups is 2. The predicted octanol–water partition coefficient (Wildman–Crippen LogP) is 2.51. The van der Waals surface area contributed by atoms with Gasteiger partial charge in [-0.25, -0.2) is 4.79 Å². The number of thiophene rings is 1. The Labute approximate surface area is 195 Å². The third kappa shape index (κ3) is 2.20. The average Bonchev–Trinajstić information content (AvgIpc) is 3.35. The number of esters is 1. The zero-order valence-corrected chi connectivity index (χ0v) is 19.5. The van der Waals surface area contributed by atoms with Crippen molar-refractivity contribution < 1.29 is 34.1 Å². The van der Waals surface area contributed by atoms with Gasteiger partial charge in [-0.15, -0.1) is 11.3 Å².